The molecule has 0 bridgehead atoms. The van der Waals surface area contributed by atoms with Gasteiger partial charge in [-0.1, -0.05) is 26.0 Å². The first-order valence-electron chi connectivity index (χ1n) is 7.27. The first-order valence-corrected chi connectivity index (χ1v) is 10.6. The Kier molecular flexibility index (Phi) is 5.19. The minimum atomic E-state index is -3.69. The van der Waals surface area contributed by atoms with Crippen molar-refractivity contribution < 1.29 is 16.8 Å². The van der Waals surface area contributed by atoms with E-state index in [4.69, 9.17) is 0 Å². The van der Waals surface area contributed by atoms with Crippen LogP contribution >= 0.6 is 0 Å². The van der Waals surface area contributed by atoms with Crippen LogP contribution in [-0.4, -0.2) is 23.1 Å². The Morgan fingerprint density at radius 1 is 0.750 bits per heavy atom. The molecule has 0 aliphatic rings. The Balaban J connectivity index is 2.17. The summed E-state index contributed by atoms with van der Waals surface area (Å²) in [7, 11) is -7.06. The molecule has 0 saturated carbocycles. The van der Waals surface area contributed by atoms with Crippen LogP contribution in [0.5, 0.6) is 0 Å². The summed E-state index contributed by atoms with van der Waals surface area (Å²) in [5.74, 6) is 0.324. The van der Waals surface area contributed by atoms with Crippen molar-refractivity contribution in [1.29, 1.82) is 0 Å². The summed E-state index contributed by atoms with van der Waals surface area (Å²) in [6.07, 6.45) is 1.05. The van der Waals surface area contributed by atoms with Gasteiger partial charge in [0.2, 0.25) is 10.0 Å². The summed E-state index contributed by atoms with van der Waals surface area (Å²) in [6, 6.07) is 12.7. The van der Waals surface area contributed by atoms with Crippen molar-refractivity contribution in [1.82, 2.24) is 0 Å². The van der Waals surface area contributed by atoms with Gasteiger partial charge in [-0.05, 0) is 47.9 Å². The summed E-state index contributed by atoms with van der Waals surface area (Å²) in [4.78, 5) is 0.172. The molecule has 0 saturated heterocycles. The third kappa shape index (κ3) is 4.97. The van der Waals surface area contributed by atoms with Gasteiger partial charge in [-0.15, -0.1) is 0 Å². The quantitative estimate of drug-likeness (QED) is 0.820. The van der Waals surface area contributed by atoms with Crippen LogP contribution in [0.25, 0.3) is 0 Å². The van der Waals surface area contributed by atoms with Crippen LogP contribution in [0.15, 0.2) is 53.4 Å². The SMILES string of the molecule is CC(C)c1ccc(S(=O)(=O)Nc2ccc(NS(C)(=O)=O)cc2)cc1. The summed E-state index contributed by atoms with van der Waals surface area (Å²) in [5.41, 5.74) is 1.77. The molecule has 0 radical (unpaired) electrons. The molecule has 2 N–H and O–H groups in total. The minimum absolute atomic E-state index is 0.172. The molecule has 2 aromatic rings. The highest BCUT2D eigenvalue weighted by atomic mass is 32.2. The predicted octanol–water partition coefficient (Wildman–Crippen LogP) is 2.98. The van der Waals surface area contributed by atoms with Crippen molar-refractivity contribution in [2.45, 2.75) is 24.7 Å². The molecule has 24 heavy (non-hydrogen) atoms. The Hall–Kier alpha value is -2.06. The van der Waals surface area contributed by atoms with E-state index in [-0.39, 0.29) is 4.90 Å². The number of hydrogen-bond acceptors (Lipinski definition) is 4. The normalized spacial score (nSPS) is 12.2. The number of rotatable bonds is 6. The maximum Gasteiger partial charge on any atom is 0.261 e. The number of sulfonamides is 2. The number of benzene rings is 2. The summed E-state index contributed by atoms with van der Waals surface area (Å²) < 4.78 is 51.8. The van der Waals surface area contributed by atoms with Crippen LogP contribution in [0.1, 0.15) is 25.3 Å². The maximum atomic E-state index is 12.4. The average molecular weight is 368 g/mol. The highest BCUT2D eigenvalue weighted by Gasteiger charge is 2.14. The lowest BCUT2D eigenvalue weighted by Gasteiger charge is -2.11. The van der Waals surface area contributed by atoms with E-state index in [1.165, 1.54) is 24.3 Å². The lowest BCUT2D eigenvalue weighted by molar-refractivity contribution is 0.600. The molecule has 0 aliphatic carbocycles. The molecule has 0 heterocycles. The molecule has 0 atom stereocenters. The van der Waals surface area contributed by atoms with E-state index in [0.29, 0.717) is 17.3 Å². The Morgan fingerprint density at radius 2 is 1.21 bits per heavy atom. The third-order valence-corrected chi connectivity index (χ3v) is 5.30. The summed E-state index contributed by atoms with van der Waals surface area (Å²) >= 11 is 0. The zero-order valence-corrected chi connectivity index (χ0v) is 15.3. The minimum Gasteiger partial charge on any atom is -0.284 e. The first-order chi connectivity index (χ1) is 11.1. The van der Waals surface area contributed by atoms with Crippen LogP contribution in [0.3, 0.4) is 0 Å². The van der Waals surface area contributed by atoms with E-state index in [1.807, 2.05) is 13.8 Å². The monoisotopic (exact) mass is 368 g/mol. The van der Waals surface area contributed by atoms with Gasteiger partial charge < -0.3 is 0 Å². The van der Waals surface area contributed by atoms with Crippen LogP contribution in [0.2, 0.25) is 0 Å². The smallest absolute Gasteiger partial charge is 0.261 e. The fraction of sp³-hybridized carbons (Fsp3) is 0.250. The predicted molar refractivity (Wildman–Crippen MR) is 96.2 cm³/mol. The van der Waals surface area contributed by atoms with Gasteiger partial charge in [-0.2, -0.15) is 0 Å². The Labute approximate surface area is 143 Å². The number of hydrogen-bond donors (Lipinski definition) is 2. The first kappa shape index (κ1) is 18.3. The van der Waals surface area contributed by atoms with Crippen molar-refractivity contribution >= 4 is 31.4 Å². The highest BCUT2D eigenvalue weighted by Crippen LogP contribution is 2.21. The van der Waals surface area contributed by atoms with E-state index in [9.17, 15) is 16.8 Å². The molecule has 0 unspecified atom stereocenters. The molecule has 8 heteroatoms. The molecule has 2 aromatic carbocycles. The van der Waals surface area contributed by atoms with Crippen molar-refractivity contribution in [2.24, 2.45) is 0 Å². The zero-order chi connectivity index (χ0) is 18.0. The summed E-state index contributed by atoms with van der Waals surface area (Å²) in [6.45, 7) is 4.07. The topological polar surface area (TPSA) is 92.3 Å². The van der Waals surface area contributed by atoms with Gasteiger partial charge in [0.1, 0.15) is 0 Å². The van der Waals surface area contributed by atoms with Crippen LogP contribution < -0.4 is 9.44 Å². The highest BCUT2D eigenvalue weighted by molar-refractivity contribution is 7.92. The zero-order valence-electron chi connectivity index (χ0n) is 13.6. The van der Waals surface area contributed by atoms with Gasteiger partial charge in [-0.3, -0.25) is 9.44 Å². The molecule has 0 aliphatic heterocycles. The molecular formula is C16H20N2O4S2. The van der Waals surface area contributed by atoms with Gasteiger partial charge in [0, 0.05) is 11.4 Å². The van der Waals surface area contributed by atoms with E-state index in [0.717, 1.165) is 11.8 Å². The lowest BCUT2D eigenvalue weighted by atomic mass is 10.0. The van der Waals surface area contributed by atoms with Gasteiger partial charge >= 0.3 is 0 Å². The second kappa shape index (κ2) is 6.82. The maximum absolute atomic E-state index is 12.4. The van der Waals surface area contributed by atoms with Crippen molar-refractivity contribution in [3.05, 3.63) is 54.1 Å². The molecular weight excluding hydrogens is 348 g/mol. The fourth-order valence-electron chi connectivity index (χ4n) is 2.07. The largest absolute Gasteiger partial charge is 0.284 e. The molecule has 0 amide bonds. The molecule has 0 spiro atoms. The van der Waals surface area contributed by atoms with Crippen molar-refractivity contribution in [2.75, 3.05) is 15.7 Å². The van der Waals surface area contributed by atoms with Crippen molar-refractivity contribution in [3.63, 3.8) is 0 Å². The van der Waals surface area contributed by atoms with Crippen molar-refractivity contribution in [3.8, 4) is 0 Å². The second-order valence-corrected chi connectivity index (χ2v) is 9.21. The number of nitrogens with one attached hydrogen (secondary N) is 2. The molecule has 6 nitrogen and oxygen atoms in total. The van der Waals surface area contributed by atoms with Crippen LogP contribution in [-0.2, 0) is 20.0 Å². The Morgan fingerprint density at radius 3 is 1.62 bits per heavy atom. The molecule has 130 valence electrons. The van der Waals surface area contributed by atoms with Crippen LogP contribution in [0.4, 0.5) is 11.4 Å². The third-order valence-electron chi connectivity index (χ3n) is 3.30. The second-order valence-electron chi connectivity index (χ2n) is 5.78. The molecule has 0 aromatic heterocycles. The standard InChI is InChI=1S/C16H20N2O4S2/c1-12(2)13-4-10-16(11-5-13)24(21,22)18-15-8-6-14(7-9-15)17-23(3,19)20/h4-12,17-18H,1-3H3. The van der Waals surface area contributed by atoms with Gasteiger partial charge in [0.25, 0.3) is 10.0 Å². The van der Waals surface area contributed by atoms with Crippen LogP contribution in [0, 0.1) is 0 Å². The lowest BCUT2D eigenvalue weighted by Crippen LogP contribution is -2.13. The van der Waals surface area contributed by atoms with Gasteiger partial charge in [0.05, 0.1) is 11.2 Å². The number of anilines is 2. The average Bonchev–Trinajstić information content (AvgIpc) is 2.47. The van der Waals surface area contributed by atoms with E-state index in [1.54, 1.807) is 24.3 Å². The summed E-state index contributed by atoms with van der Waals surface area (Å²) in [5, 5.41) is 0. The molecule has 0 fully saturated rings. The fourth-order valence-corrected chi connectivity index (χ4v) is 3.69. The van der Waals surface area contributed by atoms with E-state index >= 15 is 0 Å². The molecule has 2 rings (SSSR count). The van der Waals surface area contributed by atoms with E-state index in [2.05, 4.69) is 9.44 Å². The Bertz CT molecular complexity index is 902. The van der Waals surface area contributed by atoms with Gasteiger partial charge in [0.15, 0.2) is 0 Å². The van der Waals surface area contributed by atoms with Gasteiger partial charge in [-0.25, -0.2) is 16.8 Å². The van der Waals surface area contributed by atoms with E-state index < -0.39 is 20.0 Å².